The van der Waals surface area contributed by atoms with Crippen LogP contribution in [0.15, 0.2) is 43.5 Å². The van der Waals surface area contributed by atoms with Crippen LogP contribution in [0.1, 0.15) is 71.3 Å². The summed E-state index contributed by atoms with van der Waals surface area (Å²) in [6.45, 7) is 13.7. The number of methoxy groups -OCH3 is 2. The number of hydrogen-bond acceptors (Lipinski definition) is 8. The van der Waals surface area contributed by atoms with Crippen LogP contribution in [0.5, 0.6) is 11.6 Å². The van der Waals surface area contributed by atoms with E-state index in [1.807, 2.05) is 51.1 Å². The van der Waals surface area contributed by atoms with Gasteiger partial charge in [-0.2, -0.15) is 0 Å². The molecule has 9 nitrogen and oxygen atoms in total. The minimum Gasteiger partial charge on any atom is -0.497 e. The Morgan fingerprint density at radius 3 is 2.57 bits per heavy atom. The molecule has 2 saturated carbocycles. The minimum absolute atomic E-state index is 0.0574. The number of fused-ring (bicyclic) bond motifs is 2. The molecule has 1 aromatic carbocycles. The number of allylic oxidation sites excluding steroid dienone is 1. The van der Waals surface area contributed by atoms with Crippen LogP contribution in [0.3, 0.4) is 0 Å². The van der Waals surface area contributed by atoms with Crippen molar-refractivity contribution in [2.24, 2.45) is 29.1 Å². The zero-order valence-corrected chi connectivity index (χ0v) is 27.8. The summed E-state index contributed by atoms with van der Waals surface area (Å²) in [4.78, 5) is 46.9. The van der Waals surface area contributed by atoms with Gasteiger partial charge in [-0.05, 0) is 73.5 Å². The van der Waals surface area contributed by atoms with Gasteiger partial charge in [0.15, 0.2) is 0 Å². The van der Waals surface area contributed by atoms with E-state index in [4.69, 9.17) is 23.9 Å². The molecule has 9 heteroatoms. The Kier molecular flexibility index (Phi) is 10.1. The van der Waals surface area contributed by atoms with Crippen molar-refractivity contribution in [3.8, 4) is 11.6 Å². The number of pyridine rings is 1. The molecule has 5 rings (SSSR count). The van der Waals surface area contributed by atoms with Crippen molar-refractivity contribution in [2.45, 2.75) is 84.0 Å². The van der Waals surface area contributed by atoms with Crippen molar-refractivity contribution in [1.29, 1.82) is 0 Å². The number of unbranched alkanes of at least 4 members (excludes halogenated alkanes) is 1. The third-order valence-corrected chi connectivity index (χ3v) is 10.0. The summed E-state index contributed by atoms with van der Waals surface area (Å²) in [7, 11) is 2.90. The van der Waals surface area contributed by atoms with Crippen LogP contribution in [-0.4, -0.2) is 66.7 Å². The Labute approximate surface area is 272 Å². The number of likely N-dealkylation sites (tertiary alicyclic amines) is 1. The summed E-state index contributed by atoms with van der Waals surface area (Å²) in [5, 5.41) is 0.899. The monoisotopic (exact) mass is 632 g/mol. The van der Waals surface area contributed by atoms with Gasteiger partial charge >= 0.3 is 11.9 Å². The van der Waals surface area contributed by atoms with E-state index in [1.165, 1.54) is 18.4 Å². The Balaban J connectivity index is 1.31. The Hall–Kier alpha value is -3.88. The second kappa shape index (κ2) is 13.9. The van der Waals surface area contributed by atoms with Crippen LogP contribution in [0.25, 0.3) is 17.0 Å². The summed E-state index contributed by atoms with van der Waals surface area (Å²) in [6.07, 6.45) is 8.29. The maximum Gasteiger partial charge on any atom is 0.328 e. The normalized spacial score (nSPS) is 25.8. The number of ether oxygens (including phenoxy) is 4. The maximum atomic E-state index is 14.3. The molecule has 0 unspecified atom stereocenters. The van der Waals surface area contributed by atoms with Crippen LogP contribution >= 0.6 is 0 Å². The molecule has 3 aliphatic rings. The van der Waals surface area contributed by atoms with Crippen LogP contribution in [0, 0.1) is 29.1 Å². The number of amides is 1. The molecule has 46 heavy (non-hydrogen) atoms. The third-order valence-electron chi connectivity index (χ3n) is 10.0. The predicted octanol–water partition coefficient (Wildman–Crippen LogP) is 6.38. The SMILES string of the molecule is C=CCCC[C@@H]1[C@H]2C[C@H]2C[C@H]1OC(=O)C[C@H](C(=O)N1C[C@H](Oc2nc3cc(OC)ccc3cc2C=C)C[C@H]1C(=O)OC)C(C)(C)C. The van der Waals surface area contributed by atoms with E-state index in [2.05, 4.69) is 13.2 Å². The van der Waals surface area contributed by atoms with Crippen LogP contribution < -0.4 is 9.47 Å². The lowest BCUT2D eigenvalue weighted by Gasteiger charge is -2.34. The van der Waals surface area contributed by atoms with Crippen molar-refractivity contribution in [2.75, 3.05) is 20.8 Å². The van der Waals surface area contributed by atoms with E-state index in [-0.39, 0.29) is 37.4 Å². The summed E-state index contributed by atoms with van der Waals surface area (Å²) in [6, 6.07) is 6.67. The first kappa shape index (κ1) is 33.5. The van der Waals surface area contributed by atoms with E-state index in [0.717, 1.165) is 31.1 Å². The molecule has 0 radical (unpaired) electrons. The van der Waals surface area contributed by atoms with Gasteiger partial charge < -0.3 is 23.8 Å². The molecular weight excluding hydrogens is 584 g/mol. The number of carbonyl (C=O) groups excluding carboxylic acids is 3. The number of carbonyl (C=O) groups is 3. The van der Waals surface area contributed by atoms with Gasteiger partial charge in [-0.1, -0.05) is 39.5 Å². The lowest BCUT2D eigenvalue weighted by atomic mass is 9.77. The lowest BCUT2D eigenvalue weighted by molar-refractivity contribution is -0.160. The number of hydrogen-bond donors (Lipinski definition) is 0. The molecule has 1 amide bonds. The van der Waals surface area contributed by atoms with E-state index >= 15 is 0 Å². The highest BCUT2D eigenvalue weighted by atomic mass is 16.5. The summed E-state index contributed by atoms with van der Waals surface area (Å²) in [5.74, 6) is 0.818. The highest BCUT2D eigenvalue weighted by Gasteiger charge is 2.54. The Bertz CT molecular complexity index is 1480. The lowest BCUT2D eigenvalue weighted by Crippen LogP contribution is -2.48. The molecule has 2 aromatic rings. The first-order chi connectivity index (χ1) is 22.0. The van der Waals surface area contributed by atoms with Gasteiger partial charge in [0.2, 0.25) is 11.8 Å². The average Bonchev–Trinajstić information content (AvgIpc) is 3.53. The van der Waals surface area contributed by atoms with Crippen LogP contribution in [0.2, 0.25) is 0 Å². The number of benzene rings is 1. The number of rotatable bonds is 13. The number of esters is 2. The van der Waals surface area contributed by atoms with Crippen molar-refractivity contribution >= 4 is 34.8 Å². The minimum atomic E-state index is -0.854. The Morgan fingerprint density at radius 1 is 1.11 bits per heavy atom. The quantitative estimate of drug-likeness (QED) is 0.142. The molecule has 248 valence electrons. The maximum absolute atomic E-state index is 14.3. The van der Waals surface area contributed by atoms with E-state index in [0.29, 0.717) is 40.5 Å². The molecular formula is C37H48N2O7. The smallest absolute Gasteiger partial charge is 0.328 e. The molecule has 0 bridgehead atoms. The third kappa shape index (κ3) is 7.24. The fourth-order valence-electron chi connectivity index (χ4n) is 7.35. The summed E-state index contributed by atoms with van der Waals surface area (Å²) < 4.78 is 22.9. The van der Waals surface area contributed by atoms with Crippen molar-refractivity contribution in [1.82, 2.24) is 9.88 Å². The van der Waals surface area contributed by atoms with Gasteiger partial charge in [-0.15, -0.1) is 6.58 Å². The molecule has 2 heterocycles. The van der Waals surface area contributed by atoms with Gasteiger partial charge in [-0.3, -0.25) is 9.59 Å². The standard InChI is InChI=1S/C37H48N2O7/c1-8-10-11-12-27-28-16-24(28)17-32(27)46-33(40)20-29(37(3,4)5)35(41)39-21-26(19-31(39)36(42)44-7)45-34-22(9-2)15-23-13-14-25(43-6)18-30(23)38-34/h8-9,13-15,18,24,26-29,31-32H,1-2,10-12,16-17,19-21H2,3-7H3/t24-,26+,27+,28-,29+,31-,32+/m0/s1. The van der Waals surface area contributed by atoms with E-state index < -0.39 is 29.4 Å². The summed E-state index contributed by atoms with van der Waals surface area (Å²) in [5.41, 5.74) is 0.815. The zero-order chi connectivity index (χ0) is 33.2. The largest absolute Gasteiger partial charge is 0.497 e. The van der Waals surface area contributed by atoms with Crippen LogP contribution in [-0.2, 0) is 23.9 Å². The first-order valence-corrected chi connectivity index (χ1v) is 16.4. The second-order valence-corrected chi connectivity index (χ2v) is 14.1. The number of nitrogens with zero attached hydrogens (tertiary/aromatic N) is 2. The molecule has 1 aromatic heterocycles. The second-order valence-electron chi connectivity index (χ2n) is 14.1. The summed E-state index contributed by atoms with van der Waals surface area (Å²) >= 11 is 0. The van der Waals surface area contributed by atoms with Crippen LogP contribution in [0.4, 0.5) is 0 Å². The van der Waals surface area contributed by atoms with Gasteiger partial charge in [0.05, 0.1) is 38.6 Å². The number of aromatic nitrogens is 1. The van der Waals surface area contributed by atoms with Crippen molar-refractivity contribution in [3.63, 3.8) is 0 Å². The molecule has 0 N–H and O–H groups in total. The molecule has 2 aliphatic carbocycles. The molecule has 1 saturated heterocycles. The molecule has 3 fully saturated rings. The van der Waals surface area contributed by atoms with Crippen molar-refractivity contribution < 1.29 is 33.3 Å². The Morgan fingerprint density at radius 2 is 1.89 bits per heavy atom. The van der Waals surface area contributed by atoms with E-state index in [9.17, 15) is 14.4 Å². The van der Waals surface area contributed by atoms with Crippen molar-refractivity contribution in [3.05, 3.63) is 49.1 Å². The molecule has 7 atom stereocenters. The fraction of sp³-hybridized carbons (Fsp3) is 0.568. The highest BCUT2D eigenvalue weighted by Crippen LogP contribution is 2.57. The van der Waals surface area contributed by atoms with Gasteiger partial charge in [0.25, 0.3) is 0 Å². The predicted molar refractivity (Wildman–Crippen MR) is 176 cm³/mol. The zero-order valence-electron chi connectivity index (χ0n) is 27.8. The van der Waals surface area contributed by atoms with Gasteiger partial charge in [0.1, 0.15) is 24.0 Å². The fourth-order valence-corrected chi connectivity index (χ4v) is 7.35. The van der Waals surface area contributed by atoms with Gasteiger partial charge in [-0.25, -0.2) is 9.78 Å². The highest BCUT2D eigenvalue weighted by molar-refractivity contribution is 5.89. The van der Waals surface area contributed by atoms with E-state index in [1.54, 1.807) is 13.2 Å². The molecule has 1 aliphatic heterocycles. The molecule has 0 spiro atoms. The van der Waals surface area contributed by atoms with Gasteiger partial charge in [0, 0.05) is 23.4 Å². The average molecular weight is 633 g/mol. The first-order valence-electron chi connectivity index (χ1n) is 16.4. The topological polar surface area (TPSA) is 104 Å².